The smallest absolute Gasteiger partial charge is 0.390 e. The van der Waals surface area contributed by atoms with Crippen molar-refractivity contribution < 1.29 is 19.6 Å². The Labute approximate surface area is 165 Å². The van der Waals surface area contributed by atoms with Crippen LogP contribution in [0.3, 0.4) is 0 Å². The second-order valence-electron chi connectivity index (χ2n) is 5.83. The molecule has 0 fully saturated rings. The maximum atomic E-state index is 12.4. The van der Waals surface area contributed by atoms with Gasteiger partial charge in [0.25, 0.3) is 17.3 Å². The number of carbonyl (C=O) groups excluding carboxylic acids is 1. The van der Waals surface area contributed by atoms with Gasteiger partial charge in [-0.3, -0.25) is 25.0 Å². The average molecular weight is 417 g/mol. The molecule has 0 bridgehead atoms. The molecule has 0 saturated carbocycles. The van der Waals surface area contributed by atoms with Gasteiger partial charge in [0, 0.05) is 23.4 Å². The molecule has 30 heavy (non-hydrogen) atoms. The molecule has 0 spiro atoms. The van der Waals surface area contributed by atoms with Gasteiger partial charge in [0.05, 0.1) is 15.5 Å². The molecule has 0 atom stereocenters. The Kier molecular flexibility index (Phi) is 5.13. The Hall–Kier alpha value is -4.76. The van der Waals surface area contributed by atoms with E-state index in [9.17, 15) is 35.1 Å². The number of hydrogen-bond donors (Lipinski definition) is 1. The number of benzene rings is 1. The highest BCUT2D eigenvalue weighted by Crippen LogP contribution is 2.31. The summed E-state index contributed by atoms with van der Waals surface area (Å²) >= 11 is 0. The number of carbonyl (C=O) groups is 1. The summed E-state index contributed by atoms with van der Waals surface area (Å²) < 4.78 is 2.37. The predicted octanol–water partition coefficient (Wildman–Crippen LogP) is 1.27. The number of nitro groups is 3. The van der Waals surface area contributed by atoms with E-state index in [0.717, 1.165) is 23.1 Å². The van der Waals surface area contributed by atoms with Crippen LogP contribution in [0.25, 0.3) is 0 Å². The first-order valence-corrected chi connectivity index (χ1v) is 7.97. The van der Waals surface area contributed by atoms with Gasteiger partial charge in [-0.2, -0.15) is 9.78 Å². The van der Waals surface area contributed by atoms with Crippen LogP contribution in [0.2, 0.25) is 0 Å². The Morgan fingerprint density at radius 2 is 1.67 bits per heavy atom. The lowest BCUT2D eigenvalue weighted by molar-refractivity contribution is -0.395. The van der Waals surface area contributed by atoms with Gasteiger partial charge in [-0.05, 0) is 17.9 Å². The summed E-state index contributed by atoms with van der Waals surface area (Å²) in [5.41, 5.74) is -1.43. The van der Waals surface area contributed by atoms with E-state index in [-0.39, 0.29) is 23.6 Å². The van der Waals surface area contributed by atoms with Gasteiger partial charge in [0.2, 0.25) is 6.33 Å². The minimum Gasteiger partial charge on any atom is -0.390 e. The lowest BCUT2D eigenvalue weighted by Crippen LogP contribution is -2.15. The summed E-state index contributed by atoms with van der Waals surface area (Å²) in [5.74, 6) is -1.37. The van der Waals surface area contributed by atoms with Crippen molar-refractivity contribution >= 4 is 28.9 Å². The number of anilines is 1. The average Bonchev–Trinajstić information content (AvgIpc) is 3.32. The molecule has 1 amide bonds. The monoisotopic (exact) mass is 417 g/mol. The molecule has 16 nitrogen and oxygen atoms in total. The summed E-state index contributed by atoms with van der Waals surface area (Å²) in [4.78, 5) is 46.4. The normalized spacial score (nSPS) is 10.6. The topological polar surface area (TPSA) is 207 Å². The number of nitro benzene ring substituents is 2. The van der Waals surface area contributed by atoms with Crippen molar-refractivity contribution in [3.8, 4) is 0 Å². The maximum Gasteiger partial charge on any atom is 0.491 e. The van der Waals surface area contributed by atoms with E-state index in [4.69, 9.17) is 0 Å². The second kappa shape index (κ2) is 7.70. The molecule has 16 heteroatoms. The maximum absolute atomic E-state index is 12.4. The summed E-state index contributed by atoms with van der Waals surface area (Å²) in [5, 5.41) is 42.7. The summed E-state index contributed by atoms with van der Waals surface area (Å²) in [6.45, 7) is 1.16. The highest BCUT2D eigenvalue weighted by Gasteiger charge is 2.24. The number of amides is 1. The third kappa shape index (κ3) is 4.06. The van der Waals surface area contributed by atoms with Gasteiger partial charge in [0.15, 0.2) is 12.4 Å². The molecule has 0 aliphatic carbocycles. The van der Waals surface area contributed by atoms with Crippen molar-refractivity contribution in [2.45, 2.75) is 13.6 Å². The fourth-order valence-corrected chi connectivity index (χ4v) is 2.48. The number of nitrogens with one attached hydrogen (secondary N) is 1. The van der Waals surface area contributed by atoms with Crippen molar-refractivity contribution in [2.24, 2.45) is 0 Å². The van der Waals surface area contributed by atoms with Crippen LogP contribution in [0, 0.1) is 37.3 Å². The van der Waals surface area contributed by atoms with Crippen molar-refractivity contribution in [3.05, 3.63) is 72.3 Å². The third-order valence-corrected chi connectivity index (χ3v) is 3.85. The van der Waals surface area contributed by atoms with Crippen LogP contribution < -0.4 is 5.32 Å². The van der Waals surface area contributed by atoms with Crippen LogP contribution in [0.5, 0.6) is 0 Å². The van der Waals surface area contributed by atoms with Crippen LogP contribution in [0.15, 0.2) is 30.7 Å². The third-order valence-electron chi connectivity index (χ3n) is 3.85. The van der Waals surface area contributed by atoms with Crippen molar-refractivity contribution in [1.82, 2.24) is 24.5 Å². The number of aromatic nitrogens is 5. The van der Waals surface area contributed by atoms with E-state index < -0.39 is 38.0 Å². The second-order valence-corrected chi connectivity index (χ2v) is 5.83. The Balaban J connectivity index is 1.79. The van der Waals surface area contributed by atoms with Gasteiger partial charge in [-0.1, -0.05) is 4.98 Å². The minimum absolute atomic E-state index is 0.0738. The fraction of sp³-hybridized carbons (Fsp3) is 0.143. The molecule has 1 aromatic carbocycles. The Morgan fingerprint density at radius 3 is 2.20 bits per heavy atom. The summed E-state index contributed by atoms with van der Waals surface area (Å²) in [6, 6.07) is 3.33. The summed E-state index contributed by atoms with van der Waals surface area (Å²) in [6.07, 6.45) is 2.51. The fourth-order valence-electron chi connectivity index (χ4n) is 2.48. The molecule has 2 aromatic heterocycles. The number of nitrogens with zero attached hydrogens (tertiary/aromatic N) is 8. The minimum atomic E-state index is -0.788. The van der Waals surface area contributed by atoms with Gasteiger partial charge in [-0.25, -0.2) is 4.68 Å². The molecule has 2 heterocycles. The van der Waals surface area contributed by atoms with Crippen LogP contribution in [-0.2, 0) is 6.67 Å². The standard InChI is InChI=1S/C14H11N9O7/c1-8-11(21(25)26)4-9(5-12(8)22(27)28)16-13(24)10-2-3-19(17-10)7-20-6-15-14(18-20)23(29)30/h2-6H,7H2,1H3,(H,16,24). The zero-order valence-electron chi connectivity index (χ0n) is 15.0. The quantitative estimate of drug-likeness (QED) is 0.430. The van der Waals surface area contributed by atoms with E-state index >= 15 is 0 Å². The molecular formula is C14H11N9O7. The molecule has 0 radical (unpaired) electrons. The first kappa shape index (κ1) is 20.0. The van der Waals surface area contributed by atoms with Gasteiger partial charge < -0.3 is 15.4 Å². The van der Waals surface area contributed by atoms with Crippen molar-refractivity contribution in [3.63, 3.8) is 0 Å². The summed E-state index contributed by atoms with van der Waals surface area (Å²) in [7, 11) is 0. The van der Waals surface area contributed by atoms with Crippen LogP contribution in [-0.4, -0.2) is 45.2 Å². The van der Waals surface area contributed by atoms with E-state index in [1.165, 1.54) is 23.9 Å². The molecule has 0 saturated heterocycles. The SMILES string of the molecule is Cc1c([N+](=O)[O-])cc(NC(=O)c2ccn(Cn3cnc([N+](=O)[O-])n3)n2)cc1[N+](=O)[O-]. The van der Waals surface area contributed by atoms with Crippen LogP contribution in [0.4, 0.5) is 23.0 Å². The molecule has 3 aromatic rings. The molecular weight excluding hydrogens is 406 g/mol. The van der Waals surface area contributed by atoms with Crippen molar-refractivity contribution in [1.29, 1.82) is 0 Å². The predicted molar refractivity (Wildman–Crippen MR) is 96.7 cm³/mol. The van der Waals surface area contributed by atoms with E-state index in [0.29, 0.717) is 0 Å². The highest BCUT2D eigenvalue weighted by molar-refractivity contribution is 6.03. The van der Waals surface area contributed by atoms with Crippen molar-refractivity contribution in [2.75, 3.05) is 5.32 Å². The Morgan fingerprint density at radius 1 is 1.03 bits per heavy atom. The largest absolute Gasteiger partial charge is 0.491 e. The zero-order chi connectivity index (χ0) is 22.0. The molecule has 0 unspecified atom stereocenters. The lowest BCUT2D eigenvalue weighted by Gasteiger charge is -2.06. The first-order chi connectivity index (χ1) is 14.2. The molecule has 154 valence electrons. The first-order valence-electron chi connectivity index (χ1n) is 7.97. The molecule has 0 aliphatic rings. The number of hydrogen-bond acceptors (Lipinski definition) is 10. The zero-order valence-corrected chi connectivity index (χ0v) is 15.0. The van der Waals surface area contributed by atoms with Crippen LogP contribution in [0.1, 0.15) is 16.1 Å². The molecule has 1 N–H and O–H groups in total. The van der Waals surface area contributed by atoms with Gasteiger partial charge in [0.1, 0.15) is 5.56 Å². The van der Waals surface area contributed by atoms with Crippen LogP contribution >= 0.6 is 0 Å². The number of rotatable bonds is 7. The van der Waals surface area contributed by atoms with Gasteiger partial charge in [-0.15, -0.1) is 0 Å². The van der Waals surface area contributed by atoms with E-state index in [1.807, 2.05) is 0 Å². The van der Waals surface area contributed by atoms with E-state index in [1.54, 1.807) is 0 Å². The Bertz CT molecular complexity index is 1150. The highest BCUT2D eigenvalue weighted by atomic mass is 16.6. The molecule has 3 rings (SSSR count). The van der Waals surface area contributed by atoms with Gasteiger partial charge >= 0.3 is 5.95 Å². The van der Waals surface area contributed by atoms with E-state index in [2.05, 4.69) is 20.5 Å². The lowest BCUT2D eigenvalue weighted by atomic mass is 10.1. The molecule has 0 aliphatic heterocycles.